The maximum Gasteiger partial charge on any atom is 0.407 e. The van der Waals surface area contributed by atoms with Crippen molar-refractivity contribution < 1.29 is 28.2 Å². The Labute approximate surface area is 267 Å². The number of pyridine rings is 2. The SMILES string of the molecule is COc1ccc(CN2Cc3c(F)c(N[C@@H]4CCCC[C@@H]4NC(=O)OC(C)(C)C)nc(-c4cnn5ccccc45)c3C2=O)c(OC)c1. The molecule has 2 aliphatic rings. The molecule has 11 nitrogen and oxygen atoms in total. The van der Waals surface area contributed by atoms with Crippen LogP contribution in [0.25, 0.3) is 16.8 Å². The highest BCUT2D eigenvalue weighted by Crippen LogP contribution is 2.39. The normalized spacial score (nSPS) is 18.0. The van der Waals surface area contributed by atoms with Crippen molar-refractivity contribution in [3.05, 3.63) is 71.3 Å². The lowest BCUT2D eigenvalue weighted by Gasteiger charge is -2.34. The lowest BCUT2D eigenvalue weighted by Crippen LogP contribution is -2.50. The monoisotopic (exact) mass is 630 g/mol. The summed E-state index contributed by atoms with van der Waals surface area (Å²) in [7, 11) is 3.13. The number of amides is 2. The van der Waals surface area contributed by atoms with Gasteiger partial charge in [-0.05, 0) is 57.9 Å². The molecule has 3 aromatic heterocycles. The van der Waals surface area contributed by atoms with Crippen LogP contribution in [0.5, 0.6) is 11.5 Å². The maximum atomic E-state index is 16.5. The minimum Gasteiger partial charge on any atom is -0.497 e. The number of carbonyl (C=O) groups excluding carboxylic acids is 2. The molecule has 2 amide bonds. The molecule has 6 rings (SSSR count). The molecule has 2 N–H and O–H groups in total. The van der Waals surface area contributed by atoms with Crippen LogP contribution in [-0.4, -0.2) is 63.4 Å². The lowest BCUT2D eigenvalue weighted by molar-refractivity contribution is 0.0488. The van der Waals surface area contributed by atoms with Crippen LogP contribution in [0, 0.1) is 5.82 Å². The fourth-order valence-electron chi connectivity index (χ4n) is 6.25. The molecule has 0 spiro atoms. The summed E-state index contributed by atoms with van der Waals surface area (Å²) in [6, 6.07) is 10.4. The summed E-state index contributed by atoms with van der Waals surface area (Å²) < 4.78 is 34.6. The summed E-state index contributed by atoms with van der Waals surface area (Å²) in [6.07, 6.45) is 6.18. The molecule has 12 heteroatoms. The maximum absolute atomic E-state index is 16.5. The fourth-order valence-corrected chi connectivity index (χ4v) is 6.25. The van der Waals surface area contributed by atoms with Crippen LogP contribution >= 0.6 is 0 Å². The second-order valence-electron chi connectivity index (χ2n) is 12.7. The number of hydrogen-bond acceptors (Lipinski definition) is 8. The third kappa shape index (κ3) is 6.16. The van der Waals surface area contributed by atoms with Gasteiger partial charge in [0.05, 0.1) is 49.8 Å². The van der Waals surface area contributed by atoms with Gasteiger partial charge in [0.15, 0.2) is 11.6 Å². The Morgan fingerprint density at radius 1 is 1.09 bits per heavy atom. The number of carbonyl (C=O) groups is 2. The van der Waals surface area contributed by atoms with Gasteiger partial charge in [-0.1, -0.05) is 18.9 Å². The molecular weight excluding hydrogens is 591 g/mol. The van der Waals surface area contributed by atoms with Gasteiger partial charge in [0, 0.05) is 41.5 Å². The van der Waals surface area contributed by atoms with E-state index < -0.39 is 17.5 Å². The third-order valence-electron chi connectivity index (χ3n) is 8.41. The van der Waals surface area contributed by atoms with Crippen LogP contribution in [0.15, 0.2) is 48.8 Å². The molecule has 46 heavy (non-hydrogen) atoms. The van der Waals surface area contributed by atoms with E-state index in [1.54, 1.807) is 48.2 Å². The molecule has 0 saturated heterocycles. The first-order valence-electron chi connectivity index (χ1n) is 15.5. The van der Waals surface area contributed by atoms with Crippen LogP contribution in [-0.2, 0) is 17.8 Å². The van der Waals surface area contributed by atoms with E-state index in [0.29, 0.717) is 35.6 Å². The van der Waals surface area contributed by atoms with E-state index in [9.17, 15) is 9.59 Å². The number of ether oxygens (including phenoxy) is 3. The van der Waals surface area contributed by atoms with Crippen molar-refractivity contribution in [1.82, 2.24) is 24.8 Å². The van der Waals surface area contributed by atoms with Crippen molar-refractivity contribution in [2.45, 2.75) is 77.2 Å². The summed E-state index contributed by atoms with van der Waals surface area (Å²) >= 11 is 0. The number of nitrogens with one attached hydrogen (secondary N) is 2. The number of nitrogens with zero attached hydrogens (tertiary/aromatic N) is 4. The number of hydrogen-bond donors (Lipinski definition) is 2. The number of halogens is 1. The Balaban J connectivity index is 1.38. The van der Waals surface area contributed by atoms with Crippen LogP contribution < -0.4 is 20.1 Å². The van der Waals surface area contributed by atoms with Gasteiger partial charge < -0.3 is 29.7 Å². The quantitative estimate of drug-likeness (QED) is 0.245. The summed E-state index contributed by atoms with van der Waals surface area (Å²) in [5, 5.41) is 10.7. The number of methoxy groups -OCH3 is 2. The first kappa shape index (κ1) is 31.1. The molecule has 4 aromatic rings. The van der Waals surface area contributed by atoms with E-state index in [1.807, 2.05) is 45.0 Å². The Hall–Kier alpha value is -4.87. The number of rotatable bonds is 8. The summed E-state index contributed by atoms with van der Waals surface area (Å²) in [6.45, 7) is 5.67. The zero-order valence-electron chi connectivity index (χ0n) is 26.7. The van der Waals surface area contributed by atoms with E-state index in [2.05, 4.69) is 15.7 Å². The second kappa shape index (κ2) is 12.5. The van der Waals surface area contributed by atoms with Gasteiger partial charge in [0.1, 0.15) is 17.1 Å². The number of fused-ring (bicyclic) bond motifs is 2. The van der Waals surface area contributed by atoms with Crippen LogP contribution in [0.2, 0.25) is 0 Å². The predicted octanol–water partition coefficient (Wildman–Crippen LogP) is 5.96. The highest BCUT2D eigenvalue weighted by Gasteiger charge is 2.38. The number of anilines is 1. The Kier molecular flexibility index (Phi) is 8.45. The molecule has 0 unspecified atom stereocenters. The Morgan fingerprint density at radius 3 is 2.61 bits per heavy atom. The van der Waals surface area contributed by atoms with Gasteiger partial charge >= 0.3 is 6.09 Å². The highest BCUT2D eigenvalue weighted by molar-refractivity contribution is 6.05. The zero-order valence-corrected chi connectivity index (χ0v) is 26.7. The number of benzene rings is 1. The van der Waals surface area contributed by atoms with Crippen molar-refractivity contribution >= 4 is 23.3 Å². The van der Waals surface area contributed by atoms with Gasteiger partial charge in [-0.3, -0.25) is 4.79 Å². The van der Waals surface area contributed by atoms with Gasteiger partial charge in [-0.15, -0.1) is 0 Å². The summed E-state index contributed by atoms with van der Waals surface area (Å²) in [5.41, 5.74) is 2.28. The molecule has 1 saturated carbocycles. The van der Waals surface area contributed by atoms with Crippen molar-refractivity contribution in [2.75, 3.05) is 19.5 Å². The molecule has 242 valence electrons. The first-order chi connectivity index (χ1) is 22.1. The van der Waals surface area contributed by atoms with Crippen molar-refractivity contribution in [1.29, 1.82) is 0 Å². The molecule has 0 radical (unpaired) electrons. The summed E-state index contributed by atoms with van der Waals surface area (Å²) in [5.74, 6) is 0.295. The van der Waals surface area contributed by atoms with E-state index in [4.69, 9.17) is 19.2 Å². The van der Waals surface area contributed by atoms with Crippen LogP contribution in [0.3, 0.4) is 0 Å². The minimum atomic E-state index is -0.646. The molecule has 1 aliphatic carbocycles. The second-order valence-corrected chi connectivity index (χ2v) is 12.7. The first-order valence-corrected chi connectivity index (χ1v) is 15.5. The van der Waals surface area contributed by atoms with Gasteiger partial charge in [-0.2, -0.15) is 5.10 Å². The topological polar surface area (TPSA) is 119 Å². The van der Waals surface area contributed by atoms with E-state index in [-0.39, 0.29) is 48.0 Å². The largest absolute Gasteiger partial charge is 0.497 e. The Morgan fingerprint density at radius 2 is 1.87 bits per heavy atom. The standard InChI is InChI=1S/C34H39FN6O5/c1-34(2,3)46-33(43)38-25-11-7-6-10-24(25)37-31-29(35)23-19-40(18-20-13-14-21(44-4)16-27(20)45-5)32(42)28(23)30(39-31)22-17-36-41-15-9-8-12-26(22)41/h8-9,12-17,24-25H,6-7,10-11,18-19H2,1-5H3,(H,37,39)(H,38,43)/t24-,25+/m1/s1. The van der Waals surface area contributed by atoms with Crippen LogP contribution in [0.1, 0.15) is 67.9 Å². The van der Waals surface area contributed by atoms with Gasteiger partial charge in [0.2, 0.25) is 0 Å². The van der Waals surface area contributed by atoms with E-state index in [1.165, 1.54) is 0 Å². The van der Waals surface area contributed by atoms with Gasteiger partial charge in [0.25, 0.3) is 5.91 Å². The Bertz CT molecular complexity index is 1780. The molecule has 1 aliphatic heterocycles. The molecule has 1 fully saturated rings. The molecule has 1 aromatic carbocycles. The van der Waals surface area contributed by atoms with E-state index in [0.717, 1.165) is 23.9 Å². The van der Waals surface area contributed by atoms with Crippen molar-refractivity contribution in [2.24, 2.45) is 0 Å². The van der Waals surface area contributed by atoms with Gasteiger partial charge in [-0.25, -0.2) is 18.7 Å². The van der Waals surface area contributed by atoms with Crippen molar-refractivity contribution in [3.63, 3.8) is 0 Å². The highest BCUT2D eigenvalue weighted by atomic mass is 19.1. The van der Waals surface area contributed by atoms with E-state index >= 15 is 4.39 Å². The van der Waals surface area contributed by atoms with Crippen LogP contribution in [0.4, 0.5) is 15.0 Å². The minimum absolute atomic E-state index is 0.0311. The average Bonchev–Trinajstić information content (AvgIpc) is 3.60. The molecule has 0 bridgehead atoms. The van der Waals surface area contributed by atoms with Crippen molar-refractivity contribution in [3.8, 4) is 22.8 Å². The fraction of sp³-hybridized carbons (Fsp3) is 0.412. The average molecular weight is 631 g/mol. The smallest absolute Gasteiger partial charge is 0.407 e. The number of alkyl carbamates (subject to hydrolysis) is 1. The molecular formula is C34H39FN6O5. The predicted molar refractivity (Wildman–Crippen MR) is 171 cm³/mol. The third-order valence-corrected chi connectivity index (χ3v) is 8.41. The molecule has 4 heterocycles. The number of aromatic nitrogens is 3. The summed E-state index contributed by atoms with van der Waals surface area (Å²) in [4.78, 5) is 33.1. The molecule has 2 atom stereocenters. The lowest BCUT2D eigenvalue weighted by atomic mass is 9.90. The zero-order chi connectivity index (χ0) is 32.6.